The predicted molar refractivity (Wildman–Crippen MR) is 72.0 cm³/mol. The Morgan fingerprint density at radius 3 is 3.00 bits per heavy atom. The Morgan fingerprint density at radius 2 is 2.30 bits per heavy atom. The molecule has 1 amide bonds. The van der Waals surface area contributed by atoms with E-state index >= 15 is 0 Å². The van der Waals surface area contributed by atoms with Gasteiger partial charge in [-0.25, -0.2) is 4.39 Å². The van der Waals surface area contributed by atoms with Crippen molar-refractivity contribution in [1.29, 1.82) is 0 Å². The highest BCUT2D eigenvalue weighted by molar-refractivity contribution is 7.84. The quantitative estimate of drug-likeness (QED) is 0.899. The summed E-state index contributed by atoms with van der Waals surface area (Å²) in [7, 11) is -1.26. The monoisotopic (exact) mass is 296 g/mol. The molecule has 1 atom stereocenters. The van der Waals surface area contributed by atoms with Gasteiger partial charge in [0, 0.05) is 24.9 Å². The molecule has 20 heavy (non-hydrogen) atoms. The summed E-state index contributed by atoms with van der Waals surface area (Å²) in [6.07, 6.45) is 3.07. The third kappa shape index (κ3) is 3.70. The van der Waals surface area contributed by atoms with Gasteiger partial charge in [0.2, 0.25) is 11.1 Å². The molecule has 0 fully saturated rings. The van der Waals surface area contributed by atoms with Crippen LogP contribution in [0.4, 0.5) is 10.1 Å². The zero-order valence-electron chi connectivity index (χ0n) is 10.7. The summed E-state index contributed by atoms with van der Waals surface area (Å²) in [5, 5.41) is 10.3. The largest absolute Gasteiger partial charge is 0.326 e. The summed E-state index contributed by atoms with van der Waals surface area (Å²) in [6.45, 7) is 0.309. The number of carbonyl (C=O) groups excluding carboxylic acids is 1. The number of halogens is 1. The van der Waals surface area contributed by atoms with Gasteiger partial charge in [0.15, 0.2) is 0 Å². The van der Waals surface area contributed by atoms with Crippen molar-refractivity contribution in [3.63, 3.8) is 0 Å². The van der Waals surface area contributed by atoms with E-state index in [0.29, 0.717) is 17.4 Å². The van der Waals surface area contributed by atoms with E-state index in [-0.39, 0.29) is 12.3 Å². The minimum atomic E-state index is -1.26. The van der Waals surface area contributed by atoms with Gasteiger partial charge in [-0.1, -0.05) is 6.07 Å². The van der Waals surface area contributed by atoms with Crippen LogP contribution in [0.5, 0.6) is 0 Å². The Bertz CT molecular complexity index is 644. The maximum Gasteiger partial charge on any atom is 0.226 e. The molecule has 0 bridgehead atoms. The van der Waals surface area contributed by atoms with Crippen LogP contribution in [0.2, 0.25) is 0 Å². The molecule has 0 aliphatic carbocycles. The second kappa shape index (κ2) is 6.38. The lowest BCUT2D eigenvalue weighted by molar-refractivity contribution is -0.116. The molecule has 8 heteroatoms. The van der Waals surface area contributed by atoms with E-state index in [1.54, 1.807) is 10.6 Å². The Hall–Kier alpha value is -2.09. The van der Waals surface area contributed by atoms with Gasteiger partial charge in [-0.15, -0.1) is 10.2 Å². The molecule has 106 valence electrons. The smallest absolute Gasteiger partial charge is 0.226 e. The molecular weight excluding hydrogens is 283 g/mol. The van der Waals surface area contributed by atoms with E-state index in [9.17, 15) is 13.4 Å². The number of hydrogen-bond acceptors (Lipinski definition) is 4. The third-order valence-electron chi connectivity index (χ3n) is 2.53. The standard InChI is InChI=1S/C12H13FN4O2S/c1-20(19)12-16-14-8-17(12)6-5-11(18)15-10-4-2-3-9(13)7-10/h2-4,7-8H,5-6H2,1H3,(H,15,18)/t20-/m0/s1. The van der Waals surface area contributed by atoms with Crippen molar-refractivity contribution in [3.05, 3.63) is 36.4 Å². The molecule has 0 radical (unpaired) electrons. The second-order valence-corrected chi connectivity index (χ2v) is 5.34. The van der Waals surface area contributed by atoms with Gasteiger partial charge >= 0.3 is 0 Å². The molecule has 0 saturated heterocycles. The number of rotatable bonds is 5. The molecule has 1 aromatic carbocycles. The van der Waals surface area contributed by atoms with Gasteiger partial charge in [-0.05, 0) is 18.2 Å². The number of carbonyl (C=O) groups is 1. The minimum Gasteiger partial charge on any atom is -0.326 e. The first-order valence-corrected chi connectivity index (χ1v) is 7.38. The highest BCUT2D eigenvalue weighted by Gasteiger charge is 2.10. The van der Waals surface area contributed by atoms with Crippen LogP contribution in [0.25, 0.3) is 0 Å². The van der Waals surface area contributed by atoms with Gasteiger partial charge in [0.1, 0.15) is 12.1 Å². The SMILES string of the molecule is C[S@](=O)c1nncn1CCC(=O)Nc1cccc(F)c1. The van der Waals surface area contributed by atoms with Crippen molar-refractivity contribution < 1.29 is 13.4 Å². The molecule has 1 heterocycles. The van der Waals surface area contributed by atoms with Crippen LogP contribution in [0.15, 0.2) is 35.7 Å². The first-order chi connectivity index (χ1) is 9.56. The maximum absolute atomic E-state index is 13.0. The van der Waals surface area contributed by atoms with Crippen LogP contribution >= 0.6 is 0 Å². The number of hydrogen-bond donors (Lipinski definition) is 1. The fraction of sp³-hybridized carbons (Fsp3) is 0.250. The number of amides is 1. The van der Waals surface area contributed by atoms with Crippen LogP contribution in [0.3, 0.4) is 0 Å². The molecule has 0 spiro atoms. The second-order valence-electron chi connectivity index (χ2n) is 4.07. The molecule has 1 aromatic heterocycles. The summed E-state index contributed by atoms with van der Waals surface area (Å²) in [5.74, 6) is -0.678. The van der Waals surface area contributed by atoms with Crippen LogP contribution < -0.4 is 5.32 Å². The Labute approximate surface area is 117 Å². The molecule has 0 unspecified atom stereocenters. The number of anilines is 1. The van der Waals surface area contributed by atoms with Crippen molar-refractivity contribution in [2.45, 2.75) is 18.1 Å². The molecule has 6 nitrogen and oxygen atoms in total. The van der Waals surface area contributed by atoms with E-state index in [0.717, 1.165) is 0 Å². The van der Waals surface area contributed by atoms with Crippen molar-refractivity contribution in [3.8, 4) is 0 Å². The van der Waals surface area contributed by atoms with Crippen molar-refractivity contribution >= 4 is 22.4 Å². The zero-order chi connectivity index (χ0) is 14.5. The lowest BCUT2D eigenvalue weighted by atomic mass is 10.3. The highest BCUT2D eigenvalue weighted by atomic mass is 32.2. The van der Waals surface area contributed by atoms with Gasteiger partial charge in [0.05, 0.1) is 10.8 Å². The normalized spacial score (nSPS) is 12.1. The molecule has 0 saturated carbocycles. The topological polar surface area (TPSA) is 76.9 Å². The Morgan fingerprint density at radius 1 is 1.50 bits per heavy atom. The number of aryl methyl sites for hydroxylation is 1. The van der Waals surface area contributed by atoms with Gasteiger partial charge in [-0.3, -0.25) is 9.00 Å². The van der Waals surface area contributed by atoms with Crippen LogP contribution in [0.1, 0.15) is 6.42 Å². The summed E-state index contributed by atoms with van der Waals surface area (Å²) < 4.78 is 25.9. The molecule has 0 aliphatic rings. The van der Waals surface area contributed by atoms with Gasteiger partial charge in [0.25, 0.3) is 0 Å². The summed E-state index contributed by atoms with van der Waals surface area (Å²) in [6, 6.07) is 5.66. The van der Waals surface area contributed by atoms with Crippen LogP contribution in [0, 0.1) is 5.82 Å². The zero-order valence-corrected chi connectivity index (χ0v) is 11.6. The highest BCUT2D eigenvalue weighted by Crippen LogP contribution is 2.10. The Kier molecular flexibility index (Phi) is 4.57. The van der Waals surface area contributed by atoms with Crippen LogP contribution in [-0.4, -0.2) is 31.1 Å². The van der Waals surface area contributed by atoms with Gasteiger partial charge < -0.3 is 9.88 Å². The lowest BCUT2D eigenvalue weighted by Gasteiger charge is -2.06. The molecule has 0 aliphatic heterocycles. The van der Waals surface area contributed by atoms with E-state index in [4.69, 9.17) is 0 Å². The Balaban J connectivity index is 1.92. The van der Waals surface area contributed by atoms with Crippen molar-refractivity contribution in [1.82, 2.24) is 14.8 Å². The fourth-order valence-corrected chi connectivity index (χ4v) is 2.26. The molecule has 1 N–H and O–H groups in total. The molecule has 2 aromatic rings. The number of nitrogens with zero attached hydrogens (tertiary/aromatic N) is 3. The number of nitrogens with one attached hydrogen (secondary N) is 1. The first-order valence-electron chi connectivity index (χ1n) is 5.83. The fourth-order valence-electron chi connectivity index (χ4n) is 1.63. The summed E-state index contributed by atoms with van der Waals surface area (Å²) >= 11 is 0. The maximum atomic E-state index is 13.0. The number of aromatic nitrogens is 3. The van der Waals surface area contributed by atoms with E-state index < -0.39 is 16.6 Å². The lowest BCUT2D eigenvalue weighted by Crippen LogP contribution is -2.15. The number of benzene rings is 1. The average Bonchev–Trinajstić information content (AvgIpc) is 2.85. The predicted octanol–water partition coefficient (Wildman–Crippen LogP) is 1.18. The van der Waals surface area contributed by atoms with E-state index in [2.05, 4.69) is 15.5 Å². The minimum absolute atomic E-state index is 0.152. The van der Waals surface area contributed by atoms with E-state index in [1.807, 2.05) is 0 Å². The average molecular weight is 296 g/mol. The first kappa shape index (κ1) is 14.3. The van der Waals surface area contributed by atoms with Gasteiger partial charge in [-0.2, -0.15) is 0 Å². The summed E-state index contributed by atoms with van der Waals surface area (Å²) in [5.41, 5.74) is 0.401. The summed E-state index contributed by atoms with van der Waals surface area (Å²) in [4.78, 5) is 11.7. The third-order valence-corrected chi connectivity index (χ3v) is 3.36. The van der Waals surface area contributed by atoms with Crippen LogP contribution in [-0.2, 0) is 22.1 Å². The molecular formula is C12H13FN4O2S. The van der Waals surface area contributed by atoms with Crippen molar-refractivity contribution in [2.24, 2.45) is 0 Å². The van der Waals surface area contributed by atoms with E-state index in [1.165, 1.54) is 30.8 Å². The van der Waals surface area contributed by atoms with Crippen molar-refractivity contribution in [2.75, 3.05) is 11.6 Å². The molecule has 2 rings (SSSR count).